The minimum atomic E-state index is 0.0553. The number of hydrogen-bond acceptors (Lipinski definition) is 4. The summed E-state index contributed by atoms with van der Waals surface area (Å²) in [5.74, 6) is 0.0553. The summed E-state index contributed by atoms with van der Waals surface area (Å²) in [5, 5.41) is 3.80. The predicted molar refractivity (Wildman–Crippen MR) is 73.2 cm³/mol. The molecule has 0 aliphatic heterocycles. The first kappa shape index (κ1) is 13.0. The highest BCUT2D eigenvalue weighted by atomic mass is 16.6. The molecule has 0 spiro atoms. The molecule has 2 rings (SSSR count). The molecule has 0 aliphatic rings. The first-order valence-corrected chi connectivity index (χ1v) is 6.00. The maximum absolute atomic E-state index is 11.7. The molecular formula is C15H14N2O2. The number of oxime groups is 1. The number of aromatic nitrogens is 1. The van der Waals surface area contributed by atoms with Gasteiger partial charge >= 0.3 is 0 Å². The Kier molecular flexibility index (Phi) is 4.81. The van der Waals surface area contributed by atoms with Crippen molar-refractivity contribution in [3.05, 3.63) is 66.0 Å². The van der Waals surface area contributed by atoms with Gasteiger partial charge in [0, 0.05) is 24.4 Å². The number of hydrogen-bond donors (Lipinski definition) is 0. The van der Waals surface area contributed by atoms with Crippen molar-refractivity contribution in [2.75, 3.05) is 6.61 Å². The van der Waals surface area contributed by atoms with Crippen LogP contribution in [0, 0.1) is 0 Å². The van der Waals surface area contributed by atoms with Crippen LogP contribution in [0.3, 0.4) is 0 Å². The maximum Gasteiger partial charge on any atom is 0.166 e. The van der Waals surface area contributed by atoms with Gasteiger partial charge in [-0.25, -0.2) is 0 Å². The maximum atomic E-state index is 11.7. The van der Waals surface area contributed by atoms with Gasteiger partial charge in [0.25, 0.3) is 0 Å². The minimum absolute atomic E-state index is 0.0553. The largest absolute Gasteiger partial charge is 0.395 e. The van der Waals surface area contributed by atoms with Crippen LogP contribution in [0.4, 0.5) is 0 Å². The van der Waals surface area contributed by atoms with E-state index in [1.165, 1.54) is 0 Å². The van der Waals surface area contributed by atoms with Gasteiger partial charge in [0.05, 0.1) is 6.21 Å². The Balaban J connectivity index is 1.73. The van der Waals surface area contributed by atoms with Crippen LogP contribution in [0.5, 0.6) is 0 Å². The van der Waals surface area contributed by atoms with Gasteiger partial charge in [0.2, 0.25) is 0 Å². The molecule has 0 fully saturated rings. The molecule has 0 amide bonds. The van der Waals surface area contributed by atoms with E-state index >= 15 is 0 Å². The number of carbonyl (C=O) groups excluding carboxylic acids is 1. The molecule has 0 aliphatic carbocycles. The Morgan fingerprint density at radius 1 is 1.16 bits per heavy atom. The second kappa shape index (κ2) is 7.06. The van der Waals surface area contributed by atoms with E-state index in [9.17, 15) is 4.79 Å². The summed E-state index contributed by atoms with van der Waals surface area (Å²) in [5.41, 5.74) is 1.61. The van der Waals surface area contributed by atoms with Crippen LogP contribution in [0.15, 0.2) is 60.0 Å². The molecular weight excluding hydrogens is 240 g/mol. The van der Waals surface area contributed by atoms with Crippen LogP contribution < -0.4 is 0 Å². The van der Waals surface area contributed by atoms with Gasteiger partial charge in [-0.05, 0) is 17.7 Å². The summed E-state index contributed by atoms with van der Waals surface area (Å²) in [6, 6.07) is 12.8. The Labute approximate surface area is 111 Å². The highest BCUT2D eigenvalue weighted by molar-refractivity contribution is 5.96. The number of nitrogens with zero attached hydrogens (tertiary/aromatic N) is 2. The van der Waals surface area contributed by atoms with Gasteiger partial charge in [0.1, 0.15) is 6.61 Å². The third-order valence-electron chi connectivity index (χ3n) is 2.50. The van der Waals surface area contributed by atoms with Gasteiger partial charge in [-0.1, -0.05) is 35.5 Å². The third kappa shape index (κ3) is 4.35. The zero-order chi connectivity index (χ0) is 13.3. The minimum Gasteiger partial charge on any atom is -0.395 e. The lowest BCUT2D eigenvalue weighted by molar-refractivity contribution is 0.0891. The molecule has 0 bridgehead atoms. The first-order chi connectivity index (χ1) is 9.36. The fourth-order valence-corrected chi connectivity index (χ4v) is 1.51. The molecule has 1 aromatic heterocycles. The van der Waals surface area contributed by atoms with Gasteiger partial charge < -0.3 is 4.84 Å². The van der Waals surface area contributed by atoms with Crippen molar-refractivity contribution in [2.45, 2.75) is 6.42 Å². The van der Waals surface area contributed by atoms with Gasteiger partial charge in [-0.3, -0.25) is 9.78 Å². The number of carbonyl (C=O) groups is 1. The lowest BCUT2D eigenvalue weighted by Gasteiger charge is -2.00. The molecule has 1 aromatic carbocycles. The van der Waals surface area contributed by atoms with Gasteiger partial charge in [-0.2, -0.15) is 0 Å². The molecule has 0 saturated carbocycles. The standard InChI is InChI=1S/C15H14N2O2/c18-15(14-4-2-1-3-5-14)8-11-19-17-12-13-6-9-16-10-7-13/h1-7,9-10,12H,8,11H2/b17-12+. The number of pyridine rings is 1. The highest BCUT2D eigenvalue weighted by Crippen LogP contribution is 2.03. The van der Waals surface area contributed by atoms with Crippen molar-refractivity contribution in [2.24, 2.45) is 5.16 Å². The summed E-state index contributed by atoms with van der Waals surface area (Å²) in [6.45, 7) is 0.273. The van der Waals surface area contributed by atoms with E-state index in [4.69, 9.17) is 4.84 Å². The van der Waals surface area contributed by atoms with Crippen LogP contribution >= 0.6 is 0 Å². The zero-order valence-electron chi connectivity index (χ0n) is 10.4. The molecule has 0 unspecified atom stereocenters. The van der Waals surface area contributed by atoms with Crippen LogP contribution in [-0.4, -0.2) is 23.6 Å². The second-order valence-electron chi connectivity index (χ2n) is 3.89. The molecule has 96 valence electrons. The number of rotatable bonds is 6. The van der Waals surface area contributed by atoms with Gasteiger partial charge in [-0.15, -0.1) is 0 Å². The van der Waals surface area contributed by atoms with Crippen molar-refractivity contribution in [1.29, 1.82) is 0 Å². The van der Waals surface area contributed by atoms with Crippen molar-refractivity contribution < 1.29 is 9.63 Å². The quantitative estimate of drug-likeness (QED) is 0.345. The van der Waals surface area contributed by atoms with E-state index in [1.807, 2.05) is 30.3 Å². The Morgan fingerprint density at radius 2 is 1.89 bits per heavy atom. The molecule has 1 heterocycles. The topological polar surface area (TPSA) is 51.5 Å². The van der Waals surface area contributed by atoms with E-state index in [1.54, 1.807) is 30.7 Å². The van der Waals surface area contributed by atoms with Crippen molar-refractivity contribution in [3.8, 4) is 0 Å². The van der Waals surface area contributed by atoms with E-state index in [2.05, 4.69) is 10.1 Å². The highest BCUT2D eigenvalue weighted by Gasteiger charge is 2.04. The van der Waals surface area contributed by atoms with E-state index < -0.39 is 0 Å². The second-order valence-corrected chi connectivity index (χ2v) is 3.89. The predicted octanol–water partition coefficient (Wildman–Crippen LogP) is 2.71. The van der Waals surface area contributed by atoms with Crippen molar-refractivity contribution >= 4 is 12.0 Å². The monoisotopic (exact) mass is 254 g/mol. The van der Waals surface area contributed by atoms with Crippen molar-refractivity contribution in [1.82, 2.24) is 4.98 Å². The first-order valence-electron chi connectivity index (χ1n) is 6.00. The molecule has 4 heteroatoms. The fourth-order valence-electron chi connectivity index (χ4n) is 1.51. The Hall–Kier alpha value is -2.49. The number of Topliss-reactive ketones (excluding diaryl/α,β-unsaturated/α-hetero) is 1. The lowest BCUT2D eigenvalue weighted by Crippen LogP contribution is -2.02. The molecule has 19 heavy (non-hydrogen) atoms. The van der Waals surface area contributed by atoms with Crippen LogP contribution in [-0.2, 0) is 4.84 Å². The Bertz CT molecular complexity index is 539. The SMILES string of the molecule is O=C(CCO/N=C/c1ccncc1)c1ccccc1. The number of benzene rings is 1. The Morgan fingerprint density at radius 3 is 2.63 bits per heavy atom. The molecule has 0 atom stereocenters. The summed E-state index contributed by atoms with van der Waals surface area (Å²) in [4.78, 5) is 20.7. The lowest BCUT2D eigenvalue weighted by atomic mass is 10.1. The molecule has 2 aromatic rings. The molecule has 0 saturated heterocycles. The van der Waals surface area contributed by atoms with E-state index in [0.29, 0.717) is 12.0 Å². The average Bonchev–Trinajstić information content (AvgIpc) is 2.49. The average molecular weight is 254 g/mol. The van der Waals surface area contributed by atoms with Crippen LogP contribution in [0.25, 0.3) is 0 Å². The van der Waals surface area contributed by atoms with Crippen LogP contribution in [0.2, 0.25) is 0 Å². The van der Waals surface area contributed by atoms with Crippen molar-refractivity contribution in [3.63, 3.8) is 0 Å². The van der Waals surface area contributed by atoms with Gasteiger partial charge in [0.15, 0.2) is 5.78 Å². The summed E-state index contributed by atoms with van der Waals surface area (Å²) in [7, 11) is 0. The van der Waals surface area contributed by atoms with Crippen LogP contribution in [0.1, 0.15) is 22.3 Å². The third-order valence-corrected chi connectivity index (χ3v) is 2.50. The molecule has 0 N–H and O–H groups in total. The number of ketones is 1. The summed E-state index contributed by atoms with van der Waals surface area (Å²) in [6.07, 6.45) is 5.27. The van der Waals surface area contributed by atoms with E-state index in [-0.39, 0.29) is 12.4 Å². The molecule has 0 radical (unpaired) electrons. The zero-order valence-corrected chi connectivity index (χ0v) is 10.4. The fraction of sp³-hybridized carbons (Fsp3) is 0.133. The smallest absolute Gasteiger partial charge is 0.166 e. The normalized spacial score (nSPS) is 10.5. The summed E-state index contributed by atoms with van der Waals surface area (Å²) >= 11 is 0. The summed E-state index contributed by atoms with van der Waals surface area (Å²) < 4.78 is 0. The molecule has 4 nitrogen and oxygen atoms in total. The van der Waals surface area contributed by atoms with E-state index in [0.717, 1.165) is 5.56 Å².